The van der Waals surface area contributed by atoms with E-state index >= 15 is 0 Å². The van der Waals surface area contributed by atoms with Crippen LogP contribution in [0.2, 0.25) is 0 Å². The van der Waals surface area contributed by atoms with Crippen LogP contribution in [0.4, 0.5) is 25.8 Å². The first kappa shape index (κ1) is 50.8. The van der Waals surface area contributed by atoms with Crippen LogP contribution in [0.15, 0.2) is 152 Å². The number of hydrogen-bond donors (Lipinski definition) is 2. The lowest BCUT2D eigenvalue weighted by atomic mass is 10.0. The molecule has 0 atom stereocenters. The number of ether oxygens (including phenoxy) is 2. The number of rotatable bonds is 18. The lowest BCUT2D eigenvalue weighted by Gasteiger charge is -2.36. The van der Waals surface area contributed by atoms with Crippen molar-refractivity contribution >= 4 is 50.7 Å². The number of piperazine rings is 2. The van der Waals surface area contributed by atoms with Gasteiger partial charge in [-0.25, -0.2) is 8.78 Å². The Bertz CT molecular complexity index is 3230. The molecule has 3 N–H and O–H groups in total. The number of amides is 2. The summed E-state index contributed by atoms with van der Waals surface area (Å²) in [7, 11) is 0. The summed E-state index contributed by atoms with van der Waals surface area (Å²) in [6.07, 6.45) is 8.49. The number of carbonyl (C=O) groups is 2. The van der Waals surface area contributed by atoms with Crippen LogP contribution in [0.1, 0.15) is 52.7 Å². The SMILES string of the molecule is NC(=O)c1ccccc1OCCCN1CCN(c2cccc3c2ccn3Cc2ccccc2F)CC1.O=C1CCc2ccc(OCCCCN3CCN(c4cccc5c4ccn5Cc4cccc(F)c4)CC3)cc2N1. The number of benzene rings is 6. The van der Waals surface area contributed by atoms with E-state index in [1.54, 1.807) is 36.4 Å². The Labute approximate surface area is 437 Å². The molecule has 2 amide bonds. The molecule has 0 aliphatic carbocycles. The number of para-hydroxylation sites is 1. The largest absolute Gasteiger partial charge is 0.494 e. The Morgan fingerprint density at radius 3 is 1.89 bits per heavy atom. The number of aromatic nitrogens is 2. The maximum absolute atomic E-state index is 14.2. The minimum absolute atomic E-state index is 0.0794. The Kier molecular flexibility index (Phi) is 16.3. The molecule has 5 heterocycles. The van der Waals surface area contributed by atoms with E-state index in [-0.39, 0.29) is 17.5 Å². The number of carbonyl (C=O) groups excluding carboxylic acids is 2. The van der Waals surface area contributed by atoms with Gasteiger partial charge in [0, 0.05) is 124 Å². The van der Waals surface area contributed by atoms with E-state index in [9.17, 15) is 18.4 Å². The first-order valence-corrected chi connectivity index (χ1v) is 26.4. The highest BCUT2D eigenvalue weighted by atomic mass is 19.1. The van der Waals surface area contributed by atoms with E-state index in [1.807, 2.05) is 42.6 Å². The van der Waals surface area contributed by atoms with E-state index in [0.29, 0.717) is 49.6 Å². The molecule has 12 nitrogen and oxygen atoms in total. The maximum atomic E-state index is 14.2. The number of halogens is 2. The molecule has 2 aromatic heterocycles. The smallest absolute Gasteiger partial charge is 0.252 e. The van der Waals surface area contributed by atoms with Crippen LogP contribution in [-0.4, -0.2) is 109 Å². The Hall–Kier alpha value is -7.68. The highest BCUT2D eigenvalue weighted by molar-refractivity contribution is 5.96. The summed E-state index contributed by atoms with van der Waals surface area (Å²) in [6, 6.07) is 44.1. The van der Waals surface area contributed by atoms with Crippen LogP contribution < -0.4 is 30.3 Å². The van der Waals surface area contributed by atoms with Gasteiger partial charge in [0.15, 0.2) is 0 Å². The zero-order valence-corrected chi connectivity index (χ0v) is 42.5. The fraction of sp³-hybridized carbons (Fsp3) is 0.311. The van der Waals surface area contributed by atoms with Crippen LogP contribution in [0.25, 0.3) is 21.8 Å². The summed E-state index contributed by atoms with van der Waals surface area (Å²) in [6.45, 7) is 12.4. The molecule has 0 radical (unpaired) electrons. The topological polar surface area (TPSA) is 113 Å². The van der Waals surface area contributed by atoms with Crippen molar-refractivity contribution < 1.29 is 27.8 Å². The fourth-order valence-corrected chi connectivity index (χ4v) is 10.6. The van der Waals surface area contributed by atoms with Crippen LogP contribution in [0.5, 0.6) is 11.5 Å². The normalized spacial score (nSPS) is 15.1. The van der Waals surface area contributed by atoms with Gasteiger partial charge in [0.2, 0.25) is 5.91 Å². The number of unbranched alkanes of at least 4 members (excludes halogenated alkanes) is 1. The molecular weight excluding hydrogens is 947 g/mol. The second-order valence-electron chi connectivity index (χ2n) is 19.7. The summed E-state index contributed by atoms with van der Waals surface area (Å²) in [5.74, 6) is 0.609. The summed E-state index contributed by atoms with van der Waals surface area (Å²) in [5.41, 5.74) is 14.4. The van der Waals surface area contributed by atoms with E-state index in [1.165, 1.54) is 45.4 Å². The van der Waals surface area contributed by atoms with E-state index in [0.717, 1.165) is 114 Å². The predicted molar refractivity (Wildman–Crippen MR) is 295 cm³/mol. The summed E-state index contributed by atoms with van der Waals surface area (Å²) >= 11 is 0. The first-order valence-electron chi connectivity index (χ1n) is 26.4. The van der Waals surface area contributed by atoms with Crippen molar-refractivity contribution in [2.24, 2.45) is 5.73 Å². The van der Waals surface area contributed by atoms with Gasteiger partial charge in [-0.05, 0) is 116 Å². The summed E-state index contributed by atoms with van der Waals surface area (Å²) in [5, 5.41) is 5.39. The minimum Gasteiger partial charge on any atom is -0.494 e. The summed E-state index contributed by atoms with van der Waals surface area (Å²) < 4.78 is 43.9. The third-order valence-electron chi connectivity index (χ3n) is 14.7. The van der Waals surface area contributed by atoms with Crippen molar-refractivity contribution in [1.29, 1.82) is 0 Å². The Morgan fingerprint density at radius 1 is 0.587 bits per heavy atom. The number of aryl methyl sites for hydroxylation is 1. The molecule has 0 bridgehead atoms. The summed E-state index contributed by atoms with van der Waals surface area (Å²) in [4.78, 5) is 33.1. The van der Waals surface area contributed by atoms with Crippen molar-refractivity contribution in [2.45, 2.75) is 45.2 Å². The monoisotopic (exact) mass is 1010 g/mol. The average Bonchev–Trinajstić information content (AvgIpc) is 4.05. The molecule has 0 unspecified atom stereocenters. The highest BCUT2D eigenvalue weighted by Gasteiger charge is 2.22. The zero-order chi connectivity index (χ0) is 51.5. The van der Waals surface area contributed by atoms with Crippen LogP contribution in [0, 0.1) is 11.6 Å². The molecule has 2 saturated heterocycles. The van der Waals surface area contributed by atoms with Gasteiger partial charge in [-0.1, -0.05) is 60.7 Å². The molecule has 3 aliphatic heterocycles. The first-order chi connectivity index (χ1) is 36.7. The van der Waals surface area contributed by atoms with Crippen molar-refractivity contribution in [3.8, 4) is 11.5 Å². The molecule has 14 heteroatoms. The fourth-order valence-electron chi connectivity index (χ4n) is 10.6. The molecular formula is C61H66F2N8O4. The number of hydrogen-bond acceptors (Lipinski definition) is 8. The van der Waals surface area contributed by atoms with Crippen molar-refractivity contribution in [3.05, 3.63) is 186 Å². The standard InChI is InChI=1S/C32H35FN4O2.C29H31FN4O2/c33-26-6-3-5-24(21-26)23-37-15-13-28-30(7-4-8-31(28)37)36-18-16-35(17-19-36)14-1-2-20-39-27-11-9-25-10-12-32(38)34-29(25)22-27;30-25-9-3-1-7-22(25)21-34-15-13-23-26(10-5-11-27(23)34)33-18-16-32(17-19-33)14-6-20-36-28-12-4-2-8-24(28)29(31)35/h3-9,11,13,15,21-22H,1-2,10,12,14,16-20,23H2,(H,34,38);1-5,7-13,15H,6,14,16-21H2,(H2,31,35). The molecule has 3 aliphatic rings. The molecule has 0 saturated carbocycles. The van der Waals surface area contributed by atoms with Gasteiger partial charge in [-0.3, -0.25) is 19.4 Å². The van der Waals surface area contributed by atoms with Gasteiger partial charge in [0.25, 0.3) is 5.91 Å². The van der Waals surface area contributed by atoms with Gasteiger partial charge in [0.1, 0.15) is 23.1 Å². The average molecular weight is 1010 g/mol. The quantitative estimate of drug-likeness (QED) is 0.0818. The maximum Gasteiger partial charge on any atom is 0.252 e. The number of nitrogens with one attached hydrogen (secondary N) is 1. The van der Waals surface area contributed by atoms with Crippen molar-refractivity contribution in [3.63, 3.8) is 0 Å². The van der Waals surface area contributed by atoms with Crippen molar-refractivity contribution in [1.82, 2.24) is 18.9 Å². The Morgan fingerprint density at radius 2 is 1.21 bits per heavy atom. The number of nitrogens with zero attached hydrogens (tertiary/aromatic N) is 6. The third-order valence-corrected chi connectivity index (χ3v) is 14.7. The van der Waals surface area contributed by atoms with E-state index in [4.69, 9.17) is 15.2 Å². The second-order valence-corrected chi connectivity index (χ2v) is 19.7. The molecule has 0 spiro atoms. The van der Waals surface area contributed by atoms with Gasteiger partial charge < -0.3 is 39.5 Å². The minimum atomic E-state index is -0.473. The number of anilines is 3. The number of nitrogens with two attached hydrogens (primary N) is 1. The van der Waals surface area contributed by atoms with Gasteiger partial charge in [0.05, 0.1) is 36.4 Å². The molecule has 388 valence electrons. The zero-order valence-electron chi connectivity index (χ0n) is 42.5. The third kappa shape index (κ3) is 12.6. The highest BCUT2D eigenvalue weighted by Crippen LogP contribution is 2.32. The molecule has 2 fully saturated rings. The van der Waals surface area contributed by atoms with Gasteiger partial charge >= 0.3 is 0 Å². The lowest BCUT2D eigenvalue weighted by Crippen LogP contribution is -2.46. The van der Waals surface area contributed by atoms with E-state index < -0.39 is 5.91 Å². The lowest BCUT2D eigenvalue weighted by molar-refractivity contribution is -0.116. The molecule has 8 aromatic rings. The molecule has 11 rings (SSSR count). The second kappa shape index (κ2) is 24.1. The van der Waals surface area contributed by atoms with Gasteiger partial charge in [-0.15, -0.1) is 0 Å². The van der Waals surface area contributed by atoms with Crippen LogP contribution in [0.3, 0.4) is 0 Å². The molecule has 6 aromatic carbocycles. The molecule has 75 heavy (non-hydrogen) atoms. The van der Waals surface area contributed by atoms with Gasteiger partial charge in [-0.2, -0.15) is 0 Å². The van der Waals surface area contributed by atoms with E-state index in [2.05, 4.69) is 94.8 Å². The number of primary amides is 1. The van der Waals surface area contributed by atoms with Crippen molar-refractivity contribution in [2.75, 3.05) is 93.8 Å². The number of fused-ring (bicyclic) bond motifs is 3. The van der Waals surface area contributed by atoms with Crippen LogP contribution in [-0.2, 0) is 24.3 Å². The van der Waals surface area contributed by atoms with Crippen LogP contribution >= 0.6 is 0 Å². The Balaban J connectivity index is 0.000000172. The predicted octanol–water partition coefficient (Wildman–Crippen LogP) is 10.2.